The van der Waals surface area contributed by atoms with E-state index in [-0.39, 0.29) is 30.3 Å². The standard InChI is InChI=1S/C17H24N4O2.ClH/c1-3-9-19-17(23)21-15-6-4-14(5-7-15)20-16(22)13-8-10-18-12(2)11-13;/h3-7,12-13,18H,1,8-11H2,2H3,(H,20,22)(H2,19,21,23);1H/t12-,13-;/m0./s1. The van der Waals surface area contributed by atoms with Gasteiger partial charge >= 0.3 is 6.03 Å². The summed E-state index contributed by atoms with van der Waals surface area (Å²) < 4.78 is 0. The SMILES string of the molecule is C=CCNC(=O)Nc1ccc(NC(=O)[C@H]2CCN[C@@H](C)C2)cc1.Cl. The summed E-state index contributed by atoms with van der Waals surface area (Å²) in [7, 11) is 0. The molecule has 1 aromatic carbocycles. The Hall–Kier alpha value is -2.05. The molecule has 0 bridgehead atoms. The summed E-state index contributed by atoms with van der Waals surface area (Å²) in [6.07, 6.45) is 3.33. The van der Waals surface area contributed by atoms with Gasteiger partial charge in [-0.05, 0) is 50.6 Å². The van der Waals surface area contributed by atoms with E-state index in [1.165, 1.54) is 0 Å². The van der Waals surface area contributed by atoms with Crippen LogP contribution in [0.15, 0.2) is 36.9 Å². The molecule has 132 valence electrons. The van der Waals surface area contributed by atoms with Crippen molar-refractivity contribution in [2.45, 2.75) is 25.8 Å². The van der Waals surface area contributed by atoms with Crippen molar-refractivity contribution >= 4 is 35.7 Å². The summed E-state index contributed by atoms with van der Waals surface area (Å²) in [6.45, 7) is 6.92. The molecule has 1 aliphatic heterocycles. The molecule has 6 nitrogen and oxygen atoms in total. The van der Waals surface area contributed by atoms with Gasteiger partial charge < -0.3 is 21.3 Å². The van der Waals surface area contributed by atoms with Crippen molar-refractivity contribution in [2.24, 2.45) is 5.92 Å². The highest BCUT2D eigenvalue weighted by Crippen LogP contribution is 2.19. The molecule has 3 amide bonds. The Balaban J connectivity index is 0.00000288. The fourth-order valence-corrected chi connectivity index (χ4v) is 2.59. The molecule has 0 radical (unpaired) electrons. The van der Waals surface area contributed by atoms with Crippen molar-refractivity contribution in [3.8, 4) is 0 Å². The maximum atomic E-state index is 12.3. The van der Waals surface area contributed by atoms with Gasteiger partial charge in [-0.25, -0.2) is 4.79 Å². The smallest absolute Gasteiger partial charge is 0.319 e. The van der Waals surface area contributed by atoms with Crippen molar-refractivity contribution in [2.75, 3.05) is 23.7 Å². The summed E-state index contributed by atoms with van der Waals surface area (Å²) in [5.41, 5.74) is 1.40. The molecule has 1 fully saturated rings. The maximum absolute atomic E-state index is 12.3. The van der Waals surface area contributed by atoms with Gasteiger partial charge in [-0.3, -0.25) is 4.79 Å². The number of carbonyl (C=O) groups is 2. The van der Waals surface area contributed by atoms with Crippen LogP contribution in [0.2, 0.25) is 0 Å². The molecule has 0 saturated carbocycles. The fraction of sp³-hybridized carbons (Fsp3) is 0.412. The molecule has 0 aliphatic carbocycles. The summed E-state index contributed by atoms with van der Waals surface area (Å²) in [6, 6.07) is 7.17. The molecule has 0 aromatic heterocycles. The zero-order chi connectivity index (χ0) is 16.7. The predicted octanol–water partition coefficient (Wildman–Crippen LogP) is 2.74. The number of hydrogen-bond donors (Lipinski definition) is 4. The first-order valence-electron chi connectivity index (χ1n) is 7.88. The van der Waals surface area contributed by atoms with Gasteiger partial charge in [0.15, 0.2) is 0 Å². The highest BCUT2D eigenvalue weighted by atomic mass is 35.5. The quantitative estimate of drug-likeness (QED) is 0.615. The molecule has 0 spiro atoms. The molecular weight excluding hydrogens is 328 g/mol. The minimum atomic E-state index is -0.287. The number of hydrogen-bond acceptors (Lipinski definition) is 3. The molecule has 7 heteroatoms. The number of halogens is 1. The van der Waals surface area contributed by atoms with Crippen LogP contribution < -0.4 is 21.3 Å². The van der Waals surface area contributed by atoms with Gasteiger partial charge in [0.1, 0.15) is 0 Å². The van der Waals surface area contributed by atoms with E-state index >= 15 is 0 Å². The maximum Gasteiger partial charge on any atom is 0.319 e. The van der Waals surface area contributed by atoms with E-state index in [1.807, 2.05) is 0 Å². The van der Waals surface area contributed by atoms with Gasteiger partial charge in [-0.1, -0.05) is 6.08 Å². The Morgan fingerprint density at radius 1 is 1.25 bits per heavy atom. The molecule has 0 unspecified atom stereocenters. The first-order valence-corrected chi connectivity index (χ1v) is 7.88. The number of nitrogens with one attached hydrogen (secondary N) is 4. The van der Waals surface area contributed by atoms with Crippen LogP contribution in [0.3, 0.4) is 0 Å². The van der Waals surface area contributed by atoms with Crippen molar-refractivity contribution in [3.63, 3.8) is 0 Å². The number of anilines is 2. The van der Waals surface area contributed by atoms with Gasteiger partial charge in [0.25, 0.3) is 0 Å². The Morgan fingerprint density at radius 3 is 2.46 bits per heavy atom. The Kier molecular flexibility index (Phi) is 8.29. The van der Waals surface area contributed by atoms with Crippen LogP contribution >= 0.6 is 12.4 Å². The second kappa shape index (κ2) is 9.95. The monoisotopic (exact) mass is 352 g/mol. The van der Waals surface area contributed by atoms with Gasteiger partial charge in [0.2, 0.25) is 5.91 Å². The largest absolute Gasteiger partial charge is 0.334 e. The zero-order valence-electron chi connectivity index (χ0n) is 13.8. The van der Waals surface area contributed by atoms with Crippen molar-refractivity contribution < 1.29 is 9.59 Å². The van der Waals surface area contributed by atoms with Gasteiger partial charge in [-0.15, -0.1) is 19.0 Å². The number of carbonyl (C=O) groups excluding carboxylic acids is 2. The van der Waals surface area contributed by atoms with E-state index in [4.69, 9.17) is 0 Å². The highest BCUT2D eigenvalue weighted by molar-refractivity contribution is 5.93. The third kappa shape index (κ3) is 6.22. The van der Waals surface area contributed by atoms with Crippen LogP contribution in [-0.2, 0) is 4.79 Å². The molecule has 1 saturated heterocycles. The van der Waals surface area contributed by atoms with Crippen molar-refractivity contribution in [1.82, 2.24) is 10.6 Å². The molecule has 4 N–H and O–H groups in total. The van der Waals surface area contributed by atoms with Gasteiger partial charge in [0.05, 0.1) is 0 Å². The normalized spacial score (nSPS) is 19.5. The fourth-order valence-electron chi connectivity index (χ4n) is 2.59. The van der Waals surface area contributed by atoms with Crippen LogP contribution in [0.4, 0.5) is 16.2 Å². The minimum absolute atomic E-state index is 0. The van der Waals surface area contributed by atoms with Gasteiger partial charge in [0, 0.05) is 29.9 Å². The van der Waals surface area contributed by atoms with Crippen LogP contribution in [0.1, 0.15) is 19.8 Å². The second-order valence-corrected chi connectivity index (χ2v) is 5.77. The van der Waals surface area contributed by atoms with Crippen LogP contribution in [0, 0.1) is 5.92 Å². The lowest BCUT2D eigenvalue weighted by Crippen LogP contribution is -2.40. The lowest BCUT2D eigenvalue weighted by atomic mass is 9.92. The van der Waals surface area contributed by atoms with Crippen molar-refractivity contribution in [1.29, 1.82) is 0 Å². The first-order chi connectivity index (χ1) is 11.1. The van der Waals surface area contributed by atoms with E-state index in [0.29, 0.717) is 18.3 Å². The molecule has 1 aliphatic rings. The van der Waals surface area contributed by atoms with E-state index < -0.39 is 0 Å². The molecule has 1 aromatic rings. The summed E-state index contributed by atoms with van der Waals surface area (Å²) >= 11 is 0. The minimum Gasteiger partial charge on any atom is -0.334 e. The molecular formula is C17H25ClN4O2. The van der Waals surface area contributed by atoms with Crippen LogP contribution in [0.5, 0.6) is 0 Å². The number of amides is 3. The average Bonchev–Trinajstić information content (AvgIpc) is 2.54. The zero-order valence-corrected chi connectivity index (χ0v) is 14.6. The molecule has 24 heavy (non-hydrogen) atoms. The van der Waals surface area contributed by atoms with E-state index in [2.05, 4.69) is 34.8 Å². The molecule has 2 atom stereocenters. The lowest BCUT2D eigenvalue weighted by molar-refractivity contribution is -0.120. The van der Waals surface area contributed by atoms with E-state index in [0.717, 1.165) is 25.1 Å². The number of piperidine rings is 1. The number of benzene rings is 1. The summed E-state index contributed by atoms with van der Waals surface area (Å²) in [5, 5.41) is 11.6. The molecule has 2 rings (SSSR count). The highest BCUT2D eigenvalue weighted by Gasteiger charge is 2.24. The summed E-state index contributed by atoms with van der Waals surface area (Å²) in [5.74, 6) is 0.108. The topological polar surface area (TPSA) is 82.3 Å². The van der Waals surface area contributed by atoms with Gasteiger partial charge in [-0.2, -0.15) is 0 Å². The number of rotatable bonds is 5. The predicted molar refractivity (Wildman–Crippen MR) is 99.7 cm³/mol. The van der Waals surface area contributed by atoms with E-state index in [1.54, 1.807) is 30.3 Å². The second-order valence-electron chi connectivity index (χ2n) is 5.77. The Bertz CT molecular complexity index is 562. The molecule has 1 heterocycles. The Morgan fingerprint density at radius 2 is 1.88 bits per heavy atom. The number of urea groups is 1. The Labute approximate surface area is 148 Å². The van der Waals surface area contributed by atoms with Crippen molar-refractivity contribution in [3.05, 3.63) is 36.9 Å². The van der Waals surface area contributed by atoms with E-state index in [9.17, 15) is 9.59 Å². The van der Waals surface area contributed by atoms with Crippen LogP contribution in [0.25, 0.3) is 0 Å². The lowest BCUT2D eigenvalue weighted by Gasteiger charge is -2.27. The van der Waals surface area contributed by atoms with Crippen LogP contribution in [-0.4, -0.2) is 31.1 Å². The summed E-state index contributed by atoms with van der Waals surface area (Å²) in [4.78, 5) is 23.8. The third-order valence-corrected chi connectivity index (χ3v) is 3.81. The average molecular weight is 353 g/mol. The third-order valence-electron chi connectivity index (χ3n) is 3.81. The first kappa shape index (κ1) is 20.0.